The van der Waals surface area contributed by atoms with Crippen LogP contribution in [0.1, 0.15) is 34.4 Å². The lowest BCUT2D eigenvalue weighted by atomic mass is 10.00. The van der Waals surface area contributed by atoms with Crippen LogP contribution in [0.25, 0.3) is 0 Å². The number of nitrogens with one attached hydrogen (secondary N) is 1. The summed E-state index contributed by atoms with van der Waals surface area (Å²) >= 11 is 0. The van der Waals surface area contributed by atoms with Gasteiger partial charge in [-0.05, 0) is 40.0 Å². The van der Waals surface area contributed by atoms with Crippen LogP contribution in [-0.4, -0.2) is 7.05 Å². The minimum Gasteiger partial charge on any atom is -0.469 e. The van der Waals surface area contributed by atoms with E-state index in [4.69, 9.17) is 8.83 Å². The van der Waals surface area contributed by atoms with Crippen molar-refractivity contribution in [2.75, 3.05) is 7.05 Å². The highest BCUT2D eigenvalue weighted by molar-refractivity contribution is 5.35. The van der Waals surface area contributed by atoms with Gasteiger partial charge in [0, 0.05) is 11.1 Å². The molecule has 2 rings (SSSR count). The molecule has 3 nitrogen and oxygen atoms in total. The third kappa shape index (κ3) is 1.78. The molecule has 0 saturated carbocycles. The first kappa shape index (κ1) is 11.0. The van der Waals surface area contributed by atoms with Gasteiger partial charge < -0.3 is 14.2 Å². The second-order valence-electron chi connectivity index (χ2n) is 4.02. The lowest BCUT2D eigenvalue weighted by molar-refractivity contribution is 0.494. The predicted molar refractivity (Wildman–Crippen MR) is 62.5 cm³/mol. The molecule has 0 radical (unpaired) electrons. The second-order valence-corrected chi connectivity index (χ2v) is 4.02. The molecule has 0 saturated heterocycles. The molecule has 3 heteroatoms. The fourth-order valence-corrected chi connectivity index (χ4v) is 2.11. The van der Waals surface area contributed by atoms with Gasteiger partial charge in [-0.25, -0.2) is 0 Å². The highest BCUT2D eigenvalue weighted by Gasteiger charge is 2.20. The number of furan rings is 2. The average molecular weight is 219 g/mol. The van der Waals surface area contributed by atoms with Crippen molar-refractivity contribution >= 4 is 0 Å². The smallest absolute Gasteiger partial charge is 0.106 e. The maximum absolute atomic E-state index is 5.56. The van der Waals surface area contributed by atoms with Crippen molar-refractivity contribution in [2.24, 2.45) is 0 Å². The minimum absolute atomic E-state index is 0.135. The Morgan fingerprint density at radius 1 is 1.12 bits per heavy atom. The van der Waals surface area contributed by atoms with E-state index in [1.165, 1.54) is 5.56 Å². The van der Waals surface area contributed by atoms with E-state index in [-0.39, 0.29) is 6.04 Å². The van der Waals surface area contributed by atoms with Gasteiger partial charge in [0.2, 0.25) is 0 Å². The van der Waals surface area contributed by atoms with Crippen molar-refractivity contribution in [3.63, 3.8) is 0 Å². The summed E-state index contributed by atoms with van der Waals surface area (Å²) < 4.78 is 10.9. The van der Waals surface area contributed by atoms with E-state index in [1.807, 2.05) is 33.9 Å². The van der Waals surface area contributed by atoms with Crippen LogP contribution in [0.4, 0.5) is 0 Å². The van der Waals surface area contributed by atoms with Crippen molar-refractivity contribution in [1.82, 2.24) is 5.32 Å². The summed E-state index contributed by atoms with van der Waals surface area (Å²) in [7, 11) is 1.94. The highest BCUT2D eigenvalue weighted by Crippen LogP contribution is 2.29. The van der Waals surface area contributed by atoms with E-state index in [1.54, 1.807) is 6.26 Å². The summed E-state index contributed by atoms with van der Waals surface area (Å²) in [6, 6.07) is 4.21. The van der Waals surface area contributed by atoms with Crippen LogP contribution in [-0.2, 0) is 0 Å². The summed E-state index contributed by atoms with van der Waals surface area (Å²) in [5, 5.41) is 3.30. The summed E-state index contributed by atoms with van der Waals surface area (Å²) in [6.07, 6.45) is 1.72. The van der Waals surface area contributed by atoms with Crippen molar-refractivity contribution < 1.29 is 8.83 Å². The number of hydrogen-bond acceptors (Lipinski definition) is 3. The Morgan fingerprint density at radius 3 is 2.31 bits per heavy atom. The molecular formula is C13H17NO2. The Balaban J connectivity index is 2.44. The van der Waals surface area contributed by atoms with E-state index >= 15 is 0 Å². The molecule has 86 valence electrons. The normalized spacial score (nSPS) is 13.0. The van der Waals surface area contributed by atoms with Crippen LogP contribution < -0.4 is 5.32 Å². The van der Waals surface area contributed by atoms with Crippen LogP contribution in [0, 0.1) is 20.8 Å². The van der Waals surface area contributed by atoms with Gasteiger partial charge in [0.1, 0.15) is 17.3 Å². The Hall–Kier alpha value is -1.48. The van der Waals surface area contributed by atoms with Gasteiger partial charge in [-0.1, -0.05) is 0 Å². The molecule has 0 aliphatic carbocycles. The van der Waals surface area contributed by atoms with Gasteiger partial charge in [0.05, 0.1) is 12.3 Å². The first-order chi connectivity index (χ1) is 7.63. The molecular weight excluding hydrogens is 202 g/mol. The zero-order valence-electron chi connectivity index (χ0n) is 10.1. The van der Waals surface area contributed by atoms with Crippen LogP contribution in [0.3, 0.4) is 0 Å². The SMILES string of the molecule is CNC(c1ccoc1C)c1cc(C)oc1C. The standard InChI is InChI=1S/C13H17NO2/c1-8-7-12(10(3)16-8)13(14-4)11-5-6-15-9(11)2/h5-7,13-14H,1-4H3. The van der Waals surface area contributed by atoms with Crippen LogP contribution in [0.15, 0.2) is 27.2 Å². The quantitative estimate of drug-likeness (QED) is 0.862. The zero-order chi connectivity index (χ0) is 11.7. The van der Waals surface area contributed by atoms with Crippen molar-refractivity contribution in [2.45, 2.75) is 26.8 Å². The van der Waals surface area contributed by atoms with E-state index in [0.717, 1.165) is 22.8 Å². The largest absolute Gasteiger partial charge is 0.469 e. The summed E-state index contributed by atoms with van der Waals surface area (Å²) in [5.74, 6) is 2.84. The molecule has 0 aliphatic rings. The molecule has 0 aliphatic heterocycles. The van der Waals surface area contributed by atoms with Crippen LogP contribution in [0.5, 0.6) is 0 Å². The monoisotopic (exact) mass is 219 g/mol. The van der Waals surface area contributed by atoms with Gasteiger partial charge in [0.25, 0.3) is 0 Å². The van der Waals surface area contributed by atoms with Crippen molar-refractivity contribution in [3.8, 4) is 0 Å². The molecule has 0 spiro atoms. The summed E-state index contributed by atoms with van der Waals surface area (Å²) in [6.45, 7) is 5.93. The highest BCUT2D eigenvalue weighted by atomic mass is 16.3. The van der Waals surface area contributed by atoms with Gasteiger partial charge >= 0.3 is 0 Å². The topological polar surface area (TPSA) is 38.3 Å². The number of rotatable bonds is 3. The lowest BCUT2D eigenvalue weighted by Crippen LogP contribution is -2.18. The van der Waals surface area contributed by atoms with Crippen LogP contribution >= 0.6 is 0 Å². The zero-order valence-corrected chi connectivity index (χ0v) is 10.1. The Morgan fingerprint density at radius 2 is 1.88 bits per heavy atom. The molecule has 0 aromatic carbocycles. The Bertz CT molecular complexity index is 482. The van der Waals surface area contributed by atoms with Gasteiger partial charge in [-0.2, -0.15) is 0 Å². The first-order valence-electron chi connectivity index (χ1n) is 5.41. The molecule has 2 aromatic rings. The van der Waals surface area contributed by atoms with E-state index in [0.29, 0.717) is 0 Å². The summed E-state index contributed by atoms with van der Waals surface area (Å²) in [4.78, 5) is 0. The fraction of sp³-hybridized carbons (Fsp3) is 0.385. The molecule has 1 unspecified atom stereocenters. The average Bonchev–Trinajstić information content (AvgIpc) is 2.77. The third-order valence-electron chi connectivity index (χ3n) is 2.89. The van der Waals surface area contributed by atoms with E-state index in [2.05, 4.69) is 11.4 Å². The fourth-order valence-electron chi connectivity index (χ4n) is 2.11. The van der Waals surface area contributed by atoms with Crippen molar-refractivity contribution in [3.05, 3.63) is 46.8 Å². The molecule has 1 atom stereocenters. The molecule has 0 amide bonds. The maximum Gasteiger partial charge on any atom is 0.106 e. The van der Waals surface area contributed by atoms with Crippen molar-refractivity contribution in [1.29, 1.82) is 0 Å². The molecule has 1 N–H and O–H groups in total. The molecule has 16 heavy (non-hydrogen) atoms. The molecule has 2 heterocycles. The maximum atomic E-state index is 5.56. The molecule has 0 bridgehead atoms. The summed E-state index contributed by atoms with van der Waals surface area (Å²) in [5.41, 5.74) is 2.33. The van der Waals surface area contributed by atoms with E-state index < -0.39 is 0 Å². The third-order valence-corrected chi connectivity index (χ3v) is 2.89. The van der Waals surface area contributed by atoms with Crippen LogP contribution in [0.2, 0.25) is 0 Å². The Labute approximate surface area is 95.5 Å². The predicted octanol–water partition coefficient (Wildman–Crippen LogP) is 3.11. The van der Waals surface area contributed by atoms with Gasteiger partial charge in [-0.3, -0.25) is 0 Å². The second kappa shape index (κ2) is 4.18. The number of aryl methyl sites for hydroxylation is 3. The lowest BCUT2D eigenvalue weighted by Gasteiger charge is -2.14. The van der Waals surface area contributed by atoms with Gasteiger partial charge in [0.15, 0.2) is 0 Å². The van der Waals surface area contributed by atoms with Gasteiger partial charge in [-0.15, -0.1) is 0 Å². The Kier molecular flexibility index (Phi) is 2.88. The first-order valence-corrected chi connectivity index (χ1v) is 5.41. The number of hydrogen-bond donors (Lipinski definition) is 1. The molecule has 2 aromatic heterocycles. The van der Waals surface area contributed by atoms with E-state index in [9.17, 15) is 0 Å². The molecule has 0 fully saturated rings. The minimum atomic E-state index is 0.135.